The minimum Gasteiger partial charge on any atom is -0.381 e. The maximum Gasteiger partial charge on any atom is 0.0874 e. The first kappa shape index (κ1) is 13.5. The fraction of sp³-hybridized carbons (Fsp3) is 0.846. The van der Waals surface area contributed by atoms with Crippen molar-refractivity contribution < 1.29 is 9.47 Å². The molecule has 1 aliphatic rings. The molecule has 1 N–H and O–H groups in total. The molecule has 1 fully saturated rings. The topological polar surface area (TPSA) is 30.5 Å². The molecule has 1 aliphatic heterocycles. The zero-order chi connectivity index (χ0) is 11.9. The van der Waals surface area contributed by atoms with Gasteiger partial charge in [0, 0.05) is 45.6 Å². The van der Waals surface area contributed by atoms with Crippen molar-refractivity contribution in [1.82, 2.24) is 5.32 Å². The van der Waals surface area contributed by atoms with Gasteiger partial charge in [0.05, 0.1) is 5.60 Å². The second-order valence-electron chi connectivity index (χ2n) is 4.32. The molecule has 1 unspecified atom stereocenters. The van der Waals surface area contributed by atoms with Gasteiger partial charge in [-0.1, -0.05) is 0 Å². The van der Waals surface area contributed by atoms with E-state index in [-0.39, 0.29) is 5.60 Å². The lowest BCUT2D eigenvalue weighted by Gasteiger charge is -2.42. The zero-order valence-corrected chi connectivity index (χ0v) is 10.4. The summed E-state index contributed by atoms with van der Waals surface area (Å²) in [6, 6.07) is 0.370. The first-order chi connectivity index (χ1) is 7.79. The van der Waals surface area contributed by atoms with Crippen molar-refractivity contribution >= 4 is 0 Å². The van der Waals surface area contributed by atoms with Gasteiger partial charge >= 0.3 is 0 Å². The Morgan fingerprint density at radius 2 is 2.19 bits per heavy atom. The molecule has 0 amide bonds. The Morgan fingerprint density at radius 3 is 2.69 bits per heavy atom. The van der Waals surface area contributed by atoms with Crippen LogP contribution in [-0.4, -0.2) is 39.0 Å². The van der Waals surface area contributed by atoms with Crippen molar-refractivity contribution in [3.8, 4) is 12.3 Å². The first-order valence-electron chi connectivity index (χ1n) is 6.02. The minimum atomic E-state index is -0.0679. The number of terminal acetylenes is 1. The van der Waals surface area contributed by atoms with Crippen LogP contribution in [0, 0.1) is 12.3 Å². The molecule has 92 valence electrons. The molecule has 0 aromatic heterocycles. The molecule has 0 aromatic carbocycles. The van der Waals surface area contributed by atoms with Gasteiger partial charge in [0.25, 0.3) is 0 Å². The molecule has 0 spiro atoms. The van der Waals surface area contributed by atoms with E-state index in [1.807, 2.05) is 7.05 Å². The van der Waals surface area contributed by atoms with Gasteiger partial charge in [0.2, 0.25) is 0 Å². The molecule has 1 saturated heterocycles. The van der Waals surface area contributed by atoms with Gasteiger partial charge in [-0.25, -0.2) is 0 Å². The lowest BCUT2D eigenvalue weighted by molar-refractivity contribution is -0.110. The molecular formula is C13H23NO2. The predicted molar refractivity (Wildman–Crippen MR) is 65.3 cm³/mol. The Labute approximate surface area is 98.9 Å². The lowest BCUT2D eigenvalue weighted by Crippen LogP contribution is -2.54. The predicted octanol–water partition coefficient (Wildman–Crippen LogP) is 1.57. The quantitative estimate of drug-likeness (QED) is 0.550. The molecule has 3 nitrogen and oxygen atoms in total. The number of likely N-dealkylation sites (N-methyl/N-ethyl adjacent to an activating group) is 1. The number of methoxy groups -OCH3 is 1. The largest absolute Gasteiger partial charge is 0.381 e. The Balaban J connectivity index is 2.55. The SMILES string of the molecule is C#CCCCC(NC)C1(OC)CCOCC1. The van der Waals surface area contributed by atoms with Gasteiger partial charge < -0.3 is 14.8 Å². The third-order valence-electron chi connectivity index (χ3n) is 3.54. The van der Waals surface area contributed by atoms with E-state index >= 15 is 0 Å². The molecule has 0 radical (unpaired) electrons. The normalized spacial score (nSPS) is 21.3. The summed E-state index contributed by atoms with van der Waals surface area (Å²) >= 11 is 0. The standard InChI is InChI=1S/C13H23NO2/c1-4-5-6-7-12(14-2)13(15-3)8-10-16-11-9-13/h1,12,14H,5-11H2,2-3H3. The number of rotatable bonds is 6. The van der Waals surface area contributed by atoms with Crippen LogP contribution < -0.4 is 5.32 Å². The van der Waals surface area contributed by atoms with Gasteiger partial charge in [-0.15, -0.1) is 12.3 Å². The summed E-state index contributed by atoms with van der Waals surface area (Å²) in [4.78, 5) is 0. The number of hydrogen-bond acceptors (Lipinski definition) is 3. The molecule has 0 aromatic rings. The Hall–Kier alpha value is -0.560. The summed E-state index contributed by atoms with van der Waals surface area (Å²) in [6.07, 6.45) is 10.2. The van der Waals surface area contributed by atoms with E-state index < -0.39 is 0 Å². The van der Waals surface area contributed by atoms with E-state index in [4.69, 9.17) is 15.9 Å². The van der Waals surface area contributed by atoms with E-state index in [2.05, 4.69) is 11.2 Å². The number of ether oxygens (including phenoxy) is 2. The highest BCUT2D eigenvalue weighted by atomic mass is 16.5. The van der Waals surface area contributed by atoms with Crippen LogP contribution in [0.1, 0.15) is 32.1 Å². The second-order valence-corrected chi connectivity index (χ2v) is 4.32. The lowest BCUT2D eigenvalue weighted by atomic mass is 9.83. The third kappa shape index (κ3) is 3.21. The summed E-state index contributed by atoms with van der Waals surface area (Å²) in [5, 5.41) is 3.37. The fourth-order valence-corrected chi connectivity index (χ4v) is 2.49. The highest BCUT2D eigenvalue weighted by Crippen LogP contribution is 2.30. The van der Waals surface area contributed by atoms with Crippen molar-refractivity contribution in [2.75, 3.05) is 27.4 Å². The summed E-state index contributed by atoms with van der Waals surface area (Å²) in [5.74, 6) is 2.69. The van der Waals surface area contributed by atoms with E-state index in [1.54, 1.807) is 7.11 Å². The van der Waals surface area contributed by atoms with Crippen molar-refractivity contribution in [1.29, 1.82) is 0 Å². The fourth-order valence-electron chi connectivity index (χ4n) is 2.49. The average Bonchev–Trinajstić information content (AvgIpc) is 2.35. The number of unbranched alkanes of at least 4 members (excludes halogenated alkanes) is 1. The molecule has 0 aliphatic carbocycles. The van der Waals surface area contributed by atoms with Crippen LogP contribution in [0.3, 0.4) is 0 Å². The van der Waals surface area contributed by atoms with Crippen LogP contribution in [0.2, 0.25) is 0 Å². The van der Waals surface area contributed by atoms with Crippen molar-refractivity contribution in [3.05, 3.63) is 0 Å². The summed E-state index contributed by atoms with van der Waals surface area (Å²) in [7, 11) is 3.80. The molecule has 1 atom stereocenters. The molecule has 16 heavy (non-hydrogen) atoms. The average molecular weight is 225 g/mol. The smallest absolute Gasteiger partial charge is 0.0874 e. The van der Waals surface area contributed by atoms with Gasteiger partial charge in [0.1, 0.15) is 0 Å². The van der Waals surface area contributed by atoms with Gasteiger partial charge in [-0.05, 0) is 19.9 Å². The van der Waals surface area contributed by atoms with Gasteiger partial charge in [-0.3, -0.25) is 0 Å². The molecule has 0 saturated carbocycles. The zero-order valence-electron chi connectivity index (χ0n) is 10.4. The molecular weight excluding hydrogens is 202 g/mol. The molecule has 0 bridgehead atoms. The highest BCUT2D eigenvalue weighted by Gasteiger charge is 2.39. The second kappa shape index (κ2) is 6.90. The van der Waals surface area contributed by atoms with Gasteiger partial charge in [0.15, 0.2) is 0 Å². The Kier molecular flexibility index (Phi) is 5.83. The molecule has 1 heterocycles. The van der Waals surface area contributed by atoms with E-state index in [1.165, 1.54) is 0 Å². The highest BCUT2D eigenvalue weighted by molar-refractivity contribution is 4.95. The van der Waals surface area contributed by atoms with E-state index in [0.29, 0.717) is 6.04 Å². The monoisotopic (exact) mass is 225 g/mol. The Bertz CT molecular complexity index is 229. The van der Waals surface area contributed by atoms with Crippen molar-refractivity contribution in [3.63, 3.8) is 0 Å². The van der Waals surface area contributed by atoms with Crippen LogP contribution in [0.15, 0.2) is 0 Å². The number of hydrogen-bond donors (Lipinski definition) is 1. The van der Waals surface area contributed by atoms with Crippen LogP contribution >= 0.6 is 0 Å². The van der Waals surface area contributed by atoms with Crippen LogP contribution in [0.25, 0.3) is 0 Å². The first-order valence-corrected chi connectivity index (χ1v) is 6.02. The van der Waals surface area contributed by atoms with Crippen LogP contribution in [0.5, 0.6) is 0 Å². The van der Waals surface area contributed by atoms with E-state index in [0.717, 1.165) is 45.3 Å². The van der Waals surface area contributed by atoms with Crippen LogP contribution in [0.4, 0.5) is 0 Å². The van der Waals surface area contributed by atoms with Gasteiger partial charge in [-0.2, -0.15) is 0 Å². The number of nitrogens with one attached hydrogen (secondary N) is 1. The minimum absolute atomic E-state index is 0.0679. The summed E-state index contributed by atoms with van der Waals surface area (Å²) in [6.45, 7) is 1.59. The van der Waals surface area contributed by atoms with E-state index in [9.17, 15) is 0 Å². The summed E-state index contributed by atoms with van der Waals surface area (Å²) in [5.41, 5.74) is -0.0679. The summed E-state index contributed by atoms with van der Waals surface area (Å²) < 4.78 is 11.2. The third-order valence-corrected chi connectivity index (χ3v) is 3.54. The molecule has 3 heteroatoms. The molecule has 1 rings (SSSR count). The van der Waals surface area contributed by atoms with Crippen molar-refractivity contribution in [2.45, 2.75) is 43.7 Å². The van der Waals surface area contributed by atoms with Crippen molar-refractivity contribution in [2.24, 2.45) is 0 Å². The Morgan fingerprint density at radius 1 is 1.50 bits per heavy atom. The maximum atomic E-state index is 5.77. The maximum absolute atomic E-state index is 5.77. The van der Waals surface area contributed by atoms with Crippen LogP contribution in [-0.2, 0) is 9.47 Å².